The molecular weight excluding hydrogens is 436 g/mol. The maximum Gasteiger partial charge on any atom is 0.340 e. The molecule has 2 heterocycles. The number of carbonyl (C=O) groups excluding carboxylic acids is 2. The van der Waals surface area contributed by atoms with Crippen molar-refractivity contribution in [3.8, 4) is 17.0 Å². The first-order valence-electron chi connectivity index (χ1n) is 10.5. The van der Waals surface area contributed by atoms with Gasteiger partial charge in [-0.05, 0) is 63.2 Å². The van der Waals surface area contributed by atoms with E-state index in [1.165, 1.54) is 18.4 Å². The number of anilines is 1. The predicted molar refractivity (Wildman–Crippen MR) is 131 cm³/mol. The first-order chi connectivity index (χ1) is 15.9. The molecule has 0 spiro atoms. The predicted octanol–water partition coefficient (Wildman–Crippen LogP) is 6.10. The Bertz CT molecular complexity index is 1330. The fraction of sp³-hybridized carbons (Fsp3) is 0.192. The first-order valence-corrected chi connectivity index (χ1v) is 11.3. The molecule has 7 heteroatoms. The second kappa shape index (κ2) is 9.42. The Morgan fingerprint density at radius 1 is 1.00 bits per heavy atom. The molecule has 6 nitrogen and oxygen atoms in total. The molecule has 0 unspecified atom stereocenters. The van der Waals surface area contributed by atoms with Gasteiger partial charge in [0.15, 0.2) is 0 Å². The number of nitrogens with one attached hydrogen (secondary N) is 1. The van der Waals surface area contributed by atoms with Crippen LogP contribution in [-0.4, -0.2) is 30.1 Å². The van der Waals surface area contributed by atoms with Crippen molar-refractivity contribution in [3.05, 3.63) is 76.7 Å². The van der Waals surface area contributed by atoms with Gasteiger partial charge in [-0.2, -0.15) is 0 Å². The third-order valence-corrected chi connectivity index (χ3v) is 5.94. The van der Waals surface area contributed by atoms with Gasteiger partial charge in [0.25, 0.3) is 5.91 Å². The van der Waals surface area contributed by atoms with Crippen molar-refractivity contribution in [2.24, 2.45) is 0 Å². The van der Waals surface area contributed by atoms with Crippen molar-refractivity contribution in [3.63, 3.8) is 0 Å². The number of nitrogens with zero attached hydrogens (tertiary/aromatic N) is 1. The molecule has 0 saturated carbocycles. The number of para-hydroxylation sites is 1. The second-order valence-electron chi connectivity index (χ2n) is 7.81. The van der Waals surface area contributed by atoms with Gasteiger partial charge < -0.3 is 14.8 Å². The van der Waals surface area contributed by atoms with Crippen molar-refractivity contribution in [1.29, 1.82) is 0 Å². The SMILES string of the molecule is COC(=O)c1cc(C)sc1NC(=O)c1cc(-c2ccc(OC(C)C)cc2)nc2ccccc12. The zero-order chi connectivity index (χ0) is 23.5. The number of aryl methyl sites for hydroxylation is 1. The van der Waals surface area contributed by atoms with Crippen LogP contribution in [0.3, 0.4) is 0 Å². The number of aromatic nitrogens is 1. The third-order valence-electron chi connectivity index (χ3n) is 4.97. The summed E-state index contributed by atoms with van der Waals surface area (Å²) < 4.78 is 10.6. The van der Waals surface area contributed by atoms with Crippen LogP contribution in [0.2, 0.25) is 0 Å². The van der Waals surface area contributed by atoms with Crippen molar-refractivity contribution in [1.82, 2.24) is 4.98 Å². The number of pyridine rings is 1. The van der Waals surface area contributed by atoms with Crippen molar-refractivity contribution >= 4 is 39.1 Å². The van der Waals surface area contributed by atoms with Gasteiger partial charge in [-0.3, -0.25) is 4.79 Å². The van der Waals surface area contributed by atoms with Gasteiger partial charge in [0.05, 0.1) is 35.6 Å². The molecule has 1 amide bonds. The summed E-state index contributed by atoms with van der Waals surface area (Å²) in [5.74, 6) is -0.0313. The standard InChI is InChI=1S/C26H24N2O4S/c1-15(2)32-18-11-9-17(10-12-18)23-14-20(19-7-5-6-8-22(19)27-23)24(29)28-25-21(26(30)31-4)13-16(3)33-25/h5-15H,1-4H3,(H,28,29). The van der Waals surface area contributed by atoms with Crippen LogP contribution in [0.15, 0.2) is 60.7 Å². The zero-order valence-electron chi connectivity index (χ0n) is 18.8. The molecule has 0 aliphatic rings. The van der Waals surface area contributed by atoms with Gasteiger partial charge in [0.2, 0.25) is 0 Å². The lowest BCUT2D eigenvalue weighted by atomic mass is 10.0. The lowest BCUT2D eigenvalue weighted by Crippen LogP contribution is -2.14. The Labute approximate surface area is 196 Å². The van der Waals surface area contributed by atoms with Crippen LogP contribution in [0.5, 0.6) is 5.75 Å². The molecule has 0 fully saturated rings. The van der Waals surface area contributed by atoms with Gasteiger partial charge in [0.1, 0.15) is 10.8 Å². The lowest BCUT2D eigenvalue weighted by Gasteiger charge is -2.12. The number of carbonyl (C=O) groups is 2. The molecule has 0 radical (unpaired) electrons. The fourth-order valence-corrected chi connectivity index (χ4v) is 4.42. The average Bonchev–Trinajstić information content (AvgIpc) is 3.17. The van der Waals surface area contributed by atoms with Gasteiger partial charge in [-0.15, -0.1) is 11.3 Å². The number of rotatable bonds is 6. The number of hydrogen-bond acceptors (Lipinski definition) is 6. The highest BCUT2D eigenvalue weighted by Crippen LogP contribution is 2.31. The summed E-state index contributed by atoms with van der Waals surface area (Å²) >= 11 is 1.33. The normalized spacial score (nSPS) is 10.9. The molecule has 2 aromatic carbocycles. The minimum absolute atomic E-state index is 0.0840. The van der Waals surface area contributed by atoms with E-state index >= 15 is 0 Å². The maximum atomic E-state index is 13.4. The summed E-state index contributed by atoms with van der Waals surface area (Å²) in [7, 11) is 1.32. The highest BCUT2D eigenvalue weighted by atomic mass is 32.1. The van der Waals surface area contributed by atoms with Gasteiger partial charge in [-0.25, -0.2) is 9.78 Å². The second-order valence-corrected chi connectivity index (χ2v) is 9.07. The number of benzene rings is 2. The Kier molecular flexibility index (Phi) is 6.42. The Morgan fingerprint density at radius 3 is 2.42 bits per heavy atom. The van der Waals surface area contributed by atoms with Crippen molar-refractivity contribution in [2.75, 3.05) is 12.4 Å². The van der Waals surface area contributed by atoms with E-state index in [9.17, 15) is 9.59 Å². The Morgan fingerprint density at radius 2 is 1.73 bits per heavy atom. The topological polar surface area (TPSA) is 77.5 Å². The van der Waals surface area contributed by atoms with Crippen LogP contribution in [0.4, 0.5) is 5.00 Å². The van der Waals surface area contributed by atoms with E-state index in [1.807, 2.05) is 69.3 Å². The van der Waals surface area contributed by atoms with Gasteiger partial charge in [-0.1, -0.05) is 18.2 Å². The van der Waals surface area contributed by atoms with Crippen molar-refractivity contribution < 1.29 is 19.1 Å². The van der Waals surface area contributed by atoms with E-state index in [2.05, 4.69) is 5.32 Å². The molecule has 33 heavy (non-hydrogen) atoms. The number of thiophene rings is 1. The smallest absolute Gasteiger partial charge is 0.340 e. The largest absolute Gasteiger partial charge is 0.491 e. The van der Waals surface area contributed by atoms with Gasteiger partial charge >= 0.3 is 5.97 Å². The van der Waals surface area contributed by atoms with Crippen LogP contribution in [-0.2, 0) is 4.74 Å². The summed E-state index contributed by atoms with van der Waals surface area (Å²) in [4.78, 5) is 31.1. The molecule has 0 aliphatic carbocycles. The molecule has 0 atom stereocenters. The molecule has 1 N–H and O–H groups in total. The van der Waals surface area contributed by atoms with E-state index in [4.69, 9.17) is 14.5 Å². The van der Waals surface area contributed by atoms with E-state index in [1.54, 1.807) is 12.1 Å². The summed E-state index contributed by atoms with van der Waals surface area (Å²) in [5.41, 5.74) is 3.06. The minimum atomic E-state index is -0.487. The first kappa shape index (κ1) is 22.5. The van der Waals surface area contributed by atoms with Gasteiger partial charge in [0, 0.05) is 15.8 Å². The summed E-state index contributed by atoms with van der Waals surface area (Å²) in [6.45, 7) is 5.83. The quantitative estimate of drug-likeness (QED) is 0.352. The molecule has 2 aromatic heterocycles. The highest BCUT2D eigenvalue weighted by Gasteiger charge is 2.20. The van der Waals surface area contributed by atoms with Crippen LogP contribution in [0, 0.1) is 6.92 Å². The highest BCUT2D eigenvalue weighted by molar-refractivity contribution is 7.16. The summed E-state index contributed by atoms with van der Waals surface area (Å²) in [5, 5.41) is 4.08. The third kappa shape index (κ3) is 4.88. The van der Waals surface area contributed by atoms with E-state index in [-0.39, 0.29) is 12.0 Å². The minimum Gasteiger partial charge on any atom is -0.491 e. The maximum absolute atomic E-state index is 13.4. The molecule has 0 saturated heterocycles. The fourth-order valence-electron chi connectivity index (χ4n) is 3.53. The van der Waals surface area contributed by atoms with E-state index < -0.39 is 5.97 Å². The zero-order valence-corrected chi connectivity index (χ0v) is 19.7. The van der Waals surface area contributed by atoms with Crippen LogP contribution in [0.25, 0.3) is 22.2 Å². The van der Waals surface area contributed by atoms with Crippen LogP contribution < -0.4 is 10.1 Å². The average molecular weight is 461 g/mol. The molecule has 4 rings (SSSR count). The molecule has 4 aromatic rings. The number of ether oxygens (including phenoxy) is 2. The van der Waals surface area contributed by atoms with Crippen LogP contribution in [0.1, 0.15) is 39.4 Å². The van der Waals surface area contributed by atoms with Crippen molar-refractivity contribution in [2.45, 2.75) is 26.9 Å². The molecular formula is C26H24N2O4S. The number of methoxy groups -OCH3 is 1. The molecule has 0 aliphatic heterocycles. The van der Waals surface area contributed by atoms with Crippen LogP contribution >= 0.6 is 11.3 Å². The monoisotopic (exact) mass is 460 g/mol. The number of esters is 1. The summed E-state index contributed by atoms with van der Waals surface area (Å²) in [6, 6.07) is 18.6. The van der Waals surface area contributed by atoms with E-state index in [0.717, 1.165) is 21.6 Å². The lowest BCUT2D eigenvalue weighted by molar-refractivity contribution is 0.0602. The Hall–Kier alpha value is -3.71. The number of hydrogen-bond donors (Lipinski definition) is 1. The molecule has 168 valence electrons. The summed E-state index contributed by atoms with van der Waals surface area (Å²) in [6.07, 6.45) is 0.0840. The molecule has 0 bridgehead atoms. The number of fused-ring (bicyclic) bond motifs is 1. The Balaban J connectivity index is 1.73. The van der Waals surface area contributed by atoms with E-state index in [0.29, 0.717) is 27.3 Å². The number of amides is 1.